The van der Waals surface area contributed by atoms with Crippen LogP contribution in [0.3, 0.4) is 0 Å². The summed E-state index contributed by atoms with van der Waals surface area (Å²) < 4.78 is 0. The molecule has 0 bridgehead atoms. The molecule has 0 radical (unpaired) electrons. The maximum atomic E-state index is 10.1. The first kappa shape index (κ1) is 37.5. The van der Waals surface area contributed by atoms with E-state index in [-0.39, 0.29) is 34.0 Å². The van der Waals surface area contributed by atoms with Crippen LogP contribution in [-0.2, 0) is 9.59 Å². The van der Waals surface area contributed by atoms with Crippen molar-refractivity contribution in [2.45, 2.75) is 138 Å². The van der Waals surface area contributed by atoms with Crippen molar-refractivity contribution in [3.8, 4) is 0 Å². The van der Waals surface area contributed by atoms with Gasteiger partial charge in [-0.3, -0.25) is 0 Å². The molecule has 0 spiro atoms. The summed E-state index contributed by atoms with van der Waals surface area (Å²) in [4.78, 5) is 24.8. The number of hydrogen-bond donors (Lipinski definition) is 0. The summed E-state index contributed by atoms with van der Waals surface area (Å²) in [6, 6.07) is 0. The van der Waals surface area contributed by atoms with Crippen LogP contribution in [0.15, 0.2) is 0 Å². The van der Waals surface area contributed by atoms with Gasteiger partial charge in [0.15, 0.2) is 0 Å². The molecule has 0 N–H and O–H groups in total. The van der Waals surface area contributed by atoms with Crippen molar-refractivity contribution in [3.63, 3.8) is 0 Å². The van der Waals surface area contributed by atoms with Gasteiger partial charge in [0.05, 0.1) is 0 Å². The summed E-state index contributed by atoms with van der Waals surface area (Å²) in [5.74, 6) is -1.84. The SMILES string of the molecule is O=C([O-])CCCCCCCCCCC=S.O=C([O-])CCCCCCCCCCC=S.[CH3][Sn+2][CH3]. The third-order valence-electron chi connectivity index (χ3n) is 4.91. The third-order valence-corrected chi connectivity index (χ3v) is 5.38. The Labute approximate surface area is 225 Å². The second-order valence-electron chi connectivity index (χ2n) is 8.31. The molecule has 0 aromatic heterocycles. The molecule has 0 amide bonds. The zero-order valence-electron chi connectivity index (χ0n) is 21.2. The minimum atomic E-state index is -0.921. The Morgan fingerprint density at radius 2 is 0.758 bits per heavy atom. The number of carbonyl (C=O) groups excluding carboxylic acids is 2. The molecule has 4 nitrogen and oxygen atoms in total. The number of carboxylic acid groups (broad SMARTS) is 2. The maximum absolute atomic E-state index is 10.1. The van der Waals surface area contributed by atoms with E-state index in [9.17, 15) is 19.8 Å². The summed E-state index contributed by atoms with van der Waals surface area (Å²) in [5, 5.41) is 23.8. The molecular weight excluding hydrogens is 559 g/mol. The summed E-state index contributed by atoms with van der Waals surface area (Å²) in [6.45, 7) is 0. The van der Waals surface area contributed by atoms with Gasteiger partial charge in [0, 0.05) is 11.9 Å². The molecule has 0 saturated carbocycles. The van der Waals surface area contributed by atoms with E-state index in [2.05, 4.69) is 9.88 Å². The number of rotatable bonds is 22. The minimum absolute atomic E-state index is 0.217. The quantitative estimate of drug-likeness (QED) is 0.0846. The Morgan fingerprint density at radius 1 is 0.545 bits per heavy atom. The Kier molecular flexibility index (Phi) is 41.4. The molecule has 0 unspecified atom stereocenters. The van der Waals surface area contributed by atoms with Crippen LogP contribution in [-0.4, -0.2) is 43.8 Å². The van der Waals surface area contributed by atoms with Gasteiger partial charge >= 0.3 is 31.0 Å². The van der Waals surface area contributed by atoms with E-state index in [1.165, 1.54) is 64.2 Å². The molecule has 0 aromatic carbocycles. The summed E-state index contributed by atoms with van der Waals surface area (Å²) in [5.41, 5.74) is 0. The molecule has 0 saturated heterocycles. The van der Waals surface area contributed by atoms with Crippen molar-refractivity contribution in [3.05, 3.63) is 0 Å². The number of carboxylic acids is 2. The number of hydrogen-bond acceptors (Lipinski definition) is 6. The van der Waals surface area contributed by atoms with Gasteiger partial charge in [-0.1, -0.05) is 101 Å². The van der Waals surface area contributed by atoms with Crippen molar-refractivity contribution in [2.75, 3.05) is 0 Å². The third kappa shape index (κ3) is 49.9. The van der Waals surface area contributed by atoms with Crippen molar-refractivity contribution < 1.29 is 19.8 Å². The van der Waals surface area contributed by atoms with Gasteiger partial charge in [0.2, 0.25) is 0 Å². The van der Waals surface area contributed by atoms with E-state index in [0.29, 0.717) is 0 Å². The van der Waals surface area contributed by atoms with Crippen LogP contribution in [0.25, 0.3) is 0 Å². The van der Waals surface area contributed by atoms with E-state index >= 15 is 0 Å². The molecule has 0 aliphatic rings. The van der Waals surface area contributed by atoms with Gasteiger partial charge in [-0.05, 0) is 62.1 Å². The van der Waals surface area contributed by atoms with E-state index in [1.807, 2.05) is 0 Å². The molecule has 0 fully saturated rings. The van der Waals surface area contributed by atoms with E-state index in [0.717, 1.165) is 51.4 Å². The second-order valence-corrected chi connectivity index (χ2v) is 11.8. The van der Waals surface area contributed by atoms with Crippen LogP contribution in [0, 0.1) is 0 Å². The fourth-order valence-corrected chi connectivity index (χ4v) is 3.45. The van der Waals surface area contributed by atoms with E-state index in [4.69, 9.17) is 24.4 Å². The Bertz CT molecular complexity index is 397. The molecule has 33 heavy (non-hydrogen) atoms. The Morgan fingerprint density at radius 3 is 0.970 bits per heavy atom. The van der Waals surface area contributed by atoms with Gasteiger partial charge in [0.25, 0.3) is 0 Å². The predicted molar refractivity (Wildman–Crippen MR) is 147 cm³/mol. The Balaban J connectivity index is -0.000000487. The predicted octanol–water partition coefficient (Wildman–Crippen LogP) is 6.06. The summed E-state index contributed by atoms with van der Waals surface area (Å²) in [7, 11) is 0. The van der Waals surface area contributed by atoms with Crippen molar-refractivity contribution in [1.29, 1.82) is 0 Å². The number of aliphatic carboxylic acids is 2. The van der Waals surface area contributed by atoms with E-state index < -0.39 is 11.9 Å². The van der Waals surface area contributed by atoms with Crippen LogP contribution in [0.1, 0.15) is 128 Å². The van der Waals surface area contributed by atoms with Crippen LogP contribution >= 0.6 is 24.4 Å². The fraction of sp³-hybridized carbons (Fsp3) is 0.846. The van der Waals surface area contributed by atoms with Crippen molar-refractivity contribution in [1.82, 2.24) is 0 Å². The zero-order chi connectivity index (χ0) is 25.4. The molecule has 192 valence electrons. The Hall–Kier alpha value is -0.0813. The first-order valence-corrected chi connectivity index (χ1v) is 19.5. The molecule has 0 aliphatic heterocycles. The van der Waals surface area contributed by atoms with Crippen LogP contribution in [0.2, 0.25) is 9.88 Å². The van der Waals surface area contributed by atoms with Gasteiger partial charge in [0.1, 0.15) is 0 Å². The number of carbonyl (C=O) groups is 2. The van der Waals surface area contributed by atoms with Crippen molar-refractivity contribution >= 4 is 68.3 Å². The molecule has 0 aromatic rings. The van der Waals surface area contributed by atoms with Crippen LogP contribution < -0.4 is 10.2 Å². The topological polar surface area (TPSA) is 80.3 Å². The van der Waals surface area contributed by atoms with Gasteiger partial charge < -0.3 is 19.8 Å². The molecule has 7 heteroatoms. The first-order chi connectivity index (χ1) is 16.0. The zero-order valence-corrected chi connectivity index (χ0v) is 25.7. The number of unbranched alkanes of at least 4 members (excludes halogenated alkanes) is 16. The standard InChI is InChI=1S/2C12H22O2S.2CH3.Sn/c2*13-12(14)10-8-6-4-2-1-3-5-7-9-11-15;;;/h2*11H,1-10H2,(H,13,14);2*1H3;/q;;;;+2/p-2. The fourth-order valence-electron chi connectivity index (χ4n) is 3.12. The number of thiocarbonyl (C=S) groups is 2. The van der Waals surface area contributed by atoms with Gasteiger partial charge in [-0.25, -0.2) is 0 Å². The molecule has 0 heterocycles. The molecule has 0 atom stereocenters. The van der Waals surface area contributed by atoms with Gasteiger partial charge in [-0.2, -0.15) is 0 Å². The van der Waals surface area contributed by atoms with Crippen LogP contribution in [0.4, 0.5) is 0 Å². The van der Waals surface area contributed by atoms with Crippen molar-refractivity contribution in [2.24, 2.45) is 0 Å². The molecule has 0 rings (SSSR count). The average molecular weight is 608 g/mol. The summed E-state index contributed by atoms with van der Waals surface area (Å²) >= 11 is 9.72. The molecular formula is C26H48O4S2Sn. The van der Waals surface area contributed by atoms with Crippen LogP contribution in [0.5, 0.6) is 0 Å². The normalized spacial score (nSPS) is 9.52. The summed E-state index contributed by atoms with van der Waals surface area (Å²) in [6.07, 6.45) is 21.0. The molecule has 0 aliphatic carbocycles. The first-order valence-electron chi connectivity index (χ1n) is 12.8. The van der Waals surface area contributed by atoms with E-state index in [1.54, 1.807) is 10.7 Å². The monoisotopic (exact) mass is 608 g/mol. The second kappa shape index (κ2) is 36.5. The van der Waals surface area contributed by atoms with Gasteiger partial charge in [-0.15, -0.1) is 0 Å². The average Bonchev–Trinajstić information content (AvgIpc) is 2.77.